The molecule has 31 heavy (non-hydrogen) atoms. The Hall–Kier alpha value is -3.45. The van der Waals surface area contributed by atoms with Crippen molar-refractivity contribution in [3.63, 3.8) is 0 Å². The van der Waals surface area contributed by atoms with Gasteiger partial charge in [-0.15, -0.1) is 0 Å². The van der Waals surface area contributed by atoms with E-state index in [4.69, 9.17) is 16.3 Å². The zero-order valence-corrected chi connectivity index (χ0v) is 17.5. The van der Waals surface area contributed by atoms with E-state index in [2.05, 4.69) is 9.97 Å². The number of rotatable bonds is 5. The van der Waals surface area contributed by atoms with Crippen LogP contribution in [-0.4, -0.2) is 57.8 Å². The van der Waals surface area contributed by atoms with Crippen LogP contribution in [0.1, 0.15) is 26.4 Å². The van der Waals surface area contributed by atoms with Crippen LogP contribution < -0.4 is 4.74 Å². The molecule has 0 unspecified atom stereocenters. The number of aromatic nitrogens is 2. The smallest absolute Gasteiger partial charge is 0.274 e. The van der Waals surface area contributed by atoms with Crippen LogP contribution in [-0.2, 0) is 6.61 Å². The highest BCUT2D eigenvalue weighted by atomic mass is 35.5. The summed E-state index contributed by atoms with van der Waals surface area (Å²) in [6.45, 7) is 2.18. The zero-order chi connectivity index (χ0) is 21.6. The molecule has 7 nitrogen and oxygen atoms in total. The number of carbonyl (C=O) groups is 2. The molecule has 1 aliphatic rings. The van der Waals surface area contributed by atoms with Gasteiger partial charge < -0.3 is 14.5 Å². The minimum atomic E-state index is -0.170. The lowest BCUT2D eigenvalue weighted by Crippen LogP contribution is -2.50. The molecule has 0 spiro atoms. The lowest BCUT2D eigenvalue weighted by Gasteiger charge is -2.34. The normalized spacial score (nSPS) is 13.7. The summed E-state index contributed by atoms with van der Waals surface area (Å²) in [6.07, 6.45) is 4.48. The number of ether oxygens (including phenoxy) is 1. The third-order valence-corrected chi connectivity index (χ3v) is 5.25. The van der Waals surface area contributed by atoms with Gasteiger partial charge in [0.15, 0.2) is 0 Å². The van der Waals surface area contributed by atoms with E-state index in [1.54, 1.807) is 28.0 Å². The average Bonchev–Trinajstić information content (AvgIpc) is 2.83. The Labute approximate surface area is 185 Å². The molecular formula is C23H21ClN4O3. The van der Waals surface area contributed by atoms with Gasteiger partial charge >= 0.3 is 0 Å². The molecule has 8 heteroatoms. The fourth-order valence-electron chi connectivity index (χ4n) is 3.38. The molecule has 2 aromatic carbocycles. The molecule has 0 atom stereocenters. The third-order valence-electron chi connectivity index (χ3n) is 5.01. The summed E-state index contributed by atoms with van der Waals surface area (Å²) < 4.78 is 5.83. The van der Waals surface area contributed by atoms with Gasteiger partial charge in [-0.2, -0.15) is 0 Å². The molecule has 2 heterocycles. The van der Waals surface area contributed by atoms with Crippen LogP contribution in [0.25, 0.3) is 0 Å². The van der Waals surface area contributed by atoms with E-state index in [0.29, 0.717) is 54.8 Å². The maximum atomic E-state index is 12.9. The summed E-state index contributed by atoms with van der Waals surface area (Å²) in [5.74, 6) is 0.360. The van der Waals surface area contributed by atoms with Crippen molar-refractivity contribution in [3.05, 3.63) is 89.0 Å². The van der Waals surface area contributed by atoms with Gasteiger partial charge in [-0.05, 0) is 35.9 Å². The predicted molar refractivity (Wildman–Crippen MR) is 116 cm³/mol. The Balaban J connectivity index is 1.34. The Morgan fingerprint density at radius 2 is 1.68 bits per heavy atom. The molecule has 3 aromatic rings. The SMILES string of the molecule is O=C(c1cccc(OCc2cccc(Cl)c2)c1)N1CCN(C(=O)c2cnccn2)CC1. The fraction of sp³-hybridized carbons (Fsp3) is 0.217. The highest BCUT2D eigenvalue weighted by molar-refractivity contribution is 6.30. The summed E-state index contributed by atoms with van der Waals surface area (Å²) in [6, 6.07) is 14.6. The van der Waals surface area contributed by atoms with Crippen molar-refractivity contribution in [1.82, 2.24) is 19.8 Å². The van der Waals surface area contributed by atoms with Crippen molar-refractivity contribution in [2.24, 2.45) is 0 Å². The highest BCUT2D eigenvalue weighted by Gasteiger charge is 2.26. The van der Waals surface area contributed by atoms with Crippen molar-refractivity contribution in [2.75, 3.05) is 26.2 Å². The molecule has 1 aromatic heterocycles. The molecular weight excluding hydrogens is 416 g/mol. The average molecular weight is 437 g/mol. The van der Waals surface area contributed by atoms with E-state index in [-0.39, 0.29) is 11.8 Å². The molecule has 0 radical (unpaired) electrons. The second-order valence-electron chi connectivity index (χ2n) is 7.12. The van der Waals surface area contributed by atoms with Gasteiger partial charge in [0.25, 0.3) is 11.8 Å². The fourth-order valence-corrected chi connectivity index (χ4v) is 3.59. The van der Waals surface area contributed by atoms with Crippen LogP contribution in [0.3, 0.4) is 0 Å². The predicted octanol–water partition coefficient (Wildman–Crippen LogP) is 3.31. The first-order valence-electron chi connectivity index (χ1n) is 9.92. The molecule has 4 rings (SSSR count). The van der Waals surface area contributed by atoms with Crippen molar-refractivity contribution in [2.45, 2.75) is 6.61 Å². The molecule has 0 saturated carbocycles. The van der Waals surface area contributed by atoms with Crippen LogP contribution in [0.4, 0.5) is 0 Å². The van der Waals surface area contributed by atoms with E-state index in [1.165, 1.54) is 18.6 Å². The minimum absolute atomic E-state index is 0.0835. The van der Waals surface area contributed by atoms with Crippen LogP contribution in [0.15, 0.2) is 67.1 Å². The number of halogens is 1. The van der Waals surface area contributed by atoms with Crippen LogP contribution in [0, 0.1) is 0 Å². The van der Waals surface area contributed by atoms with Gasteiger partial charge in [0.05, 0.1) is 6.20 Å². The number of benzene rings is 2. The van der Waals surface area contributed by atoms with Gasteiger partial charge in [0.1, 0.15) is 18.1 Å². The molecule has 0 N–H and O–H groups in total. The van der Waals surface area contributed by atoms with Crippen molar-refractivity contribution in [1.29, 1.82) is 0 Å². The second kappa shape index (κ2) is 9.57. The molecule has 1 aliphatic heterocycles. The third kappa shape index (κ3) is 5.19. The number of carbonyl (C=O) groups excluding carboxylic acids is 2. The molecule has 1 saturated heterocycles. The summed E-state index contributed by atoms with van der Waals surface area (Å²) in [4.78, 5) is 36.9. The second-order valence-corrected chi connectivity index (χ2v) is 7.56. The maximum Gasteiger partial charge on any atom is 0.274 e. The first-order chi connectivity index (χ1) is 15.1. The van der Waals surface area contributed by atoms with Crippen LogP contribution >= 0.6 is 11.6 Å². The van der Waals surface area contributed by atoms with E-state index in [9.17, 15) is 9.59 Å². The number of hydrogen-bond acceptors (Lipinski definition) is 5. The van der Waals surface area contributed by atoms with Crippen LogP contribution in [0.5, 0.6) is 5.75 Å². The summed E-state index contributed by atoms with van der Waals surface area (Å²) >= 11 is 6.01. The van der Waals surface area contributed by atoms with Gasteiger partial charge in [-0.25, -0.2) is 4.98 Å². The van der Waals surface area contributed by atoms with Crippen molar-refractivity contribution < 1.29 is 14.3 Å². The first kappa shape index (κ1) is 20.8. The molecule has 0 aliphatic carbocycles. The summed E-state index contributed by atoms with van der Waals surface area (Å²) in [5.41, 5.74) is 1.82. The Morgan fingerprint density at radius 1 is 0.935 bits per heavy atom. The van der Waals surface area contributed by atoms with E-state index in [0.717, 1.165) is 5.56 Å². The Kier molecular flexibility index (Phi) is 6.43. The molecule has 158 valence electrons. The standard InChI is InChI=1S/C23H21ClN4O3/c24-19-5-1-3-17(13-19)16-31-20-6-2-4-18(14-20)22(29)27-9-11-28(12-10-27)23(30)21-15-25-7-8-26-21/h1-8,13-15H,9-12,16H2. The van der Waals surface area contributed by atoms with Crippen LogP contribution in [0.2, 0.25) is 5.02 Å². The lowest BCUT2D eigenvalue weighted by molar-refractivity contribution is 0.0532. The number of amides is 2. The minimum Gasteiger partial charge on any atom is -0.489 e. The van der Waals surface area contributed by atoms with E-state index in [1.807, 2.05) is 30.3 Å². The van der Waals surface area contributed by atoms with Crippen molar-refractivity contribution in [3.8, 4) is 5.75 Å². The maximum absolute atomic E-state index is 12.9. The monoisotopic (exact) mass is 436 g/mol. The van der Waals surface area contributed by atoms with Crippen molar-refractivity contribution >= 4 is 23.4 Å². The number of nitrogens with zero attached hydrogens (tertiary/aromatic N) is 4. The van der Waals surface area contributed by atoms with E-state index >= 15 is 0 Å². The molecule has 2 amide bonds. The first-order valence-corrected chi connectivity index (χ1v) is 10.3. The quantitative estimate of drug-likeness (QED) is 0.613. The highest BCUT2D eigenvalue weighted by Crippen LogP contribution is 2.19. The Bertz CT molecular complexity index is 1070. The lowest BCUT2D eigenvalue weighted by atomic mass is 10.1. The van der Waals surface area contributed by atoms with E-state index < -0.39 is 0 Å². The number of piperazine rings is 1. The van der Waals surface area contributed by atoms with Gasteiger partial charge in [0, 0.05) is 49.2 Å². The largest absolute Gasteiger partial charge is 0.489 e. The molecule has 0 bridgehead atoms. The summed E-state index contributed by atoms with van der Waals surface area (Å²) in [5, 5.41) is 0.655. The van der Waals surface area contributed by atoms with Gasteiger partial charge in [-0.1, -0.05) is 29.8 Å². The topological polar surface area (TPSA) is 75.6 Å². The molecule has 1 fully saturated rings. The number of hydrogen-bond donors (Lipinski definition) is 0. The van der Waals surface area contributed by atoms with Gasteiger partial charge in [0.2, 0.25) is 0 Å². The zero-order valence-electron chi connectivity index (χ0n) is 16.8. The summed E-state index contributed by atoms with van der Waals surface area (Å²) in [7, 11) is 0. The Morgan fingerprint density at radius 3 is 2.39 bits per heavy atom. The van der Waals surface area contributed by atoms with Gasteiger partial charge in [-0.3, -0.25) is 14.6 Å².